The third kappa shape index (κ3) is 1.28. The van der Waals surface area contributed by atoms with E-state index in [-0.39, 0.29) is 0 Å². The SMILES string of the molecule is Cc1cc2c3sccc3sc2c2sc3ccsc3c12. The standard InChI is InChI=1S/C15H8S4/c1-7-6-8-12-9(2-4-16-12)18-13(8)15-11(7)14-10(19-15)3-5-17-14/h2-6H,1H3. The van der Waals surface area contributed by atoms with Crippen molar-refractivity contribution < 1.29 is 0 Å². The molecule has 0 amide bonds. The molecule has 0 saturated heterocycles. The Morgan fingerprint density at radius 3 is 2.32 bits per heavy atom. The topological polar surface area (TPSA) is 0 Å². The average molecular weight is 316 g/mol. The zero-order valence-electron chi connectivity index (χ0n) is 10.0. The highest BCUT2D eigenvalue weighted by Gasteiger charge is 2.16. The minimum absolute atomic E-state index is 1.42. The highest BCUT2D eigenvalue weighted by molar-refractivity contribution is 7.38. The molecular formula is C15H8S4. The highest BCUT2D eigenvalue weighted by atomic mass is 32.1. The van der Waals surface area contributed by atoms with Crippen molar-refractivity contribution in [3.8, 4) is 0 Å². The van der Waals surface area contributed by atoms with Crippen molar-refractivity contribution in [2.75, 3.05) is 0 Å². The van der Waals surface area contributed by atoms with E-state index in [2.05, 4.69) is 35.9 Å². The van der Waals surface area contributed by atoms with E-state index >= 15 is 0 Å². The first-order valence-electron chi connectivity index (χ1n) is 6.02. The van der Waals surface area contributed by atoms with Crippen LogP contribution in [0.3, 0.4) is 0 Å². The van der Waals surface area contributed by atoms with Gasteiger partial charge in [0.25, 0.3) is 0 Å². The van der Waals surface area contributed by atoms with Crippen LogP contribution in [0.2, 0.25) is 0 Å². The summed E-state index contributed by atoms with van der Waals surface area (Å²) in [6, 6.07) is 6.90. The number of benzene rings is 1. The summed E-state index contributed by atoms with van der Waals surface area (Å²) in [6.45, 7) is 2.25. The summed E-state index contributed by atoms with van der Waals surface area (Å²) < 4.78 is 8.77. The van der Waals surface area contributed by atoms with Crippen LogP contribution in [0.15, 0.2) is 29.0 Å². The normalized spacial score (nSPS) is 12.5. The predicted octanol–water partition coefficient (Wildman–Crippen LogP) is 6.85. The van der Waals surface area contributed by atoms with E-state index < -0.39 is 0 Å². The minimum atomic E-state index is 1.42. The quantitative estimate of drug-likeness (QED) is 0.293. The fourth-order valence-corrected chi connectivity index (χ4v) is 7.72. The van der Waals surface area contributed by atoms with Crippen molar-refractivity contribution in [1.82, 2.24) is 0 Å². The van der Waals surface area contributed by atoms with Crippen molar-refractivity contribution in [3.63, 3.8) is 0 Å². The summed E-state index contributed by atoms with van der Waals surface area (Å²) in [5.74, 6) is 0. The molecule has 0 aliphatic rings. The van der Waals surface area contributed by atoms with Crippen LogP contribution in [-0.4, -0.2) is 0 Å². The monoisotopic (exact) mass is 316 g/mol. The maximum Gasteiger partial charge on any atom is 0.0545 e. The lowest BCUT2D eigenvalue weighted by atomic mass is 10.1. The van der Waals surface area contributed by atoms with E-state index in [0.717, 1.165) is 0 Å². The molecule has 0 N–H and O–H groups in total. The zero-order chi connectivity index (χ0) is 12.6. The number of aryl methyl sites for hydroxylation is 1. The Morgan fingerprint density at radius 2 is 1.47 bits per heavy atom. The summed E-state index contributed by atoms with van der Waals surface area (Å²) in [5.41, 5.74) is 1.42. The molecule has 0 bridgehead atoms. The maximum atomic E-state index is 2.39. The number of rotatable bonds is 0. The molecule has 1 aromatic carbocycles. The lowest BCUT2D eigenvalue weighted by molar-refractivity contribution is 1.59. The molecule has 0 aliphatic carbocycles. The third-order valence-electron chi connectivity index (χ3n) is 3.59. The summed E-state index contributed by atoms with van der Waals surface area (Å²) >= 11 is 7.65. The Labute approximate surface area is 125 Å². The van der Waals surface area contributed by atoms with Crippen LogP contribution in [0.5, 0.6) is 0 Å². The second-order valence-electron chi connectivity index (χ2n) is 4.71. The summed E-state index contributed by atoms with van der Waals surface area (Å²) in [4.78, 5) is 0. The number of hydrogen-bond donors (Lipinski definition) is 0. The Bertz CT molecular complexity index is 1070. The molecule has 0 nitrogen and oxygen atoms in total. The van der Waals surface area contributed by atoms with Crippen LogP contribution in [0.25, 0.3) is 39.0 Å². The number of hydrogen-bond acceptors (Lipinski definition) is 4. The van der Waals surface area contributed by atoms with Crippen LogP contribution in [-0.2, 0) is 0 Å². The average Bonchev–Trinajstić information content (AvgIpc) is 3.05. The first kappa shape index (κ1) is 10.8. The van der Waals surface area contributed by atoms with Gasteiger partial charge in [-0.1, -0.05) is 0 Å². The van der Waals surface area contributed by atoms with Gasteiger partial charge >= 0.3 is 0 Å². The van der Waals surface area contributed by atoms with Crippen molar-refractivity contribution in [1.29, 1.82) is 0 Å². The van der Waals surface area contributed by atoms with Gasteiger partial charge in [-0.25, -0.2) is 0 Å². The van der Waals surface area contributed by atoms with Crippen LogP contribution in [0.4, 0.5) is 0 Å². The lowest BCUT2D eigenvalue weighted by Gasteiger charge is -1.98. The van der Waals surface area contributed by atoms with Gasteiger partial charge < -0.3 is 0 Å². The van der Waals surface area contributed by atoms with Gasteiger partial charge in [0.1, 0.15) is 0 Å². The van der Waals surface area contributed by atoms with E-state index in [1.165, 1.54) is 44.5 Å². The maximum absolute atomic E-state index is 2.39. The molecule has 0 saturated carbocycles. The first-order valence-corrected chi connectivity index (χ1v) is 9.41. The summed E-state index contributed by atoms with van der Waals surface area (Å²) in [5, 5.41) is 7.34. The van der Waals surface area contributed by atoms with Crippen molar-refractivity contribution in [3.05, 3.63) is 34.5 Å². The van der Waals surface area contributed by atoms with Gasteiger partial charge in [0.2, 0.25) is 0 Å². The Kier molecular flexibility index (Phi) is 2.03. The van der Waals surface area contributed by atoms with E-state index in [9.17, 15) is 0 Å². The van der Waals surface area contributed by atoms with E-state index in [1.54, 1.807) is 0 Å². The van der Waals surface area contributed by atoms with Gasteiger partial charge in [-0.2, -0.15) is 0 Å². The van der Waals surface area contributed by atoms with Gasteiger partial charge in [0.15, 0.2) is 0 Å². The zero-order valence-corrected chi connectivity index (χ0v) is 13.3. The molecule has 0 atom stereocenters. The smallest absolute Gasteiger partial charge is 0.0545 e. The molecule has 4 heteroatoms. The Hall–Kier alpha value is -0.940. The van der Waals surface area contributed by atoms with Gasteiger partial charge in [-0.3, -0.25) is 0 Å². The van der Waals surface area contributed by atoms with Crippen molar-refractivity contribution in [2.45, 2.75) is 6.92 Å². The highest BCUT2D eigenvalue weighted by Crippen LogP contribution is 2.48. The van der Waals surface area contributed by atoms with Crippen molar-refractivity contribution in [2.24, 2.45) is 0 Å². The number of thiophene rings is 4. The molecule has 4 heterocycles. The molecule has 0 radical (unpaired) electrons. The summed E-state index contributed by atoms with van der Waals surface area (Å²) in [7, 11) is 0. The third-order valence-corrected chi connectivity index (χ3v) is 8.22. The van der Waals surface area contributed by atoms with Crippen molar-refractivity contribution >= 4 is 84.3 Å². The first-order chi connectivity index (χ1) is 9.33. The second kappa shape index (κ2) is 3.58. The van der Waals surface area contributed by atoms with E-state index in [1.807, 2.05) is 45.3 Å². The van der Waals surface area contributed by atoms with Gasteiger partial charge in [0, 0.05) is 20.2 Å². The minimum Gasteiger partial charge on any atom is -0.142 e. The molecule has 4 aromatic heterocycles. The van der Waals surface area contributed by atoms with Crippen LogP contribution in [0, 0.1) is 6.92 Å². The van der Waals surface area contributed by atoms with Crippen LogP contribution in [0.1, 0.15) is 5.56 Å². The van der Waals surface area contributed by atoms with E-state index in [0.29, 0.717) is 0 Å². The molecule has 0 unspecified atom stereocenters. The fourth-order valence-electron chi connectivity index (χ4n) is 2.77. The lowest BCUT2D eigenvalue weighted by Crippen LogP contribution is -1.73. The molecule has 5 aromatic rings. The van der Waals surface area contributed by atoms with E-state index in [4.69, 9.17) is 0 Å². The Balaban J connectivity index is 2.17. The number of fused-ring (bicyclic) bond motifs is 7. The molecule has 0 spiro atoms. The molecule has 19 heavy (non-hydrogen) atoms. The molecule has 0 fully saturated rings. The van der Waals surface area contributed by atoms with Gasteiger partial charge in [-0.05, 0) is 41.4 Å². The predicted molar refractivity (Wildman–Crippen MR) is 92.7 cm³/mol. The molecule has 0 aliphatic heterocycles. The molecular weight excluding hydrogens is 308 g/mol. The molecule has 92 valence electrons. The van der Waals surface area contributed by atoms with Gasteiger partial charge in [0.05, 0.1) is 18.8 Å². The Morgan fingerprint density at radius 1 is 0.789 bits per heavy atom. The molecule has 5 rings (SSSR count). The second-order valence-corrected chi connectivity index (χ2v) is 8.64. The van der Waals surface area contributed by atoms with Crippen LogP contribution >= 0.6 is 45.3 Å². The summed E-state index contributed by atoms with van der Waals surface area (Å²) in [6.07, 6.45) is 0. The van der Waals surface area contributed by atoms with Crippen LogP contribution < -0.4 is 0 Å². The largest absolute Gasteiger partial charge is 0.142 e. The van der Waals surface area contributed by atoms with Gasteiger partial charge in [-0.15, -0.1) is 45.3 Å². The fraction of sp³-hybridized carbons (Fsp3) is 0.0667.